The molecule has 0 aromatic heterocycles. The first-order chi connectivity index (χ1) is 10.3. The molecule has 7 heteroatoms. The van der Waals surface area contributed by atoms with Gasteiger partial charge in [-0.05, 0) is 48.9 Å². The average Bonchev–Trinajstić information content (AvgIpc) is 2.43. The lowest BCUT2D eigenvalue weighted by molar-refractivity contribution is -0.114. The second kappa shape index (κ2) is 6.15. The van der Waals surface area contributed by atoms with E-state index in [-0.39, 0.29) is 11.6 Å². The number of amides is 1. The lowest BCUT2D eigenvalue weighted by Gasteiger charge is -2.10. The van der Waals surface area contributed by atoms with E-state index in [1.807, 2.05) is 0 Å². The van der Waals surface area contributed by atoms with Crippen LogP contribution in [-0.2, 0) is 14.8 Å². The lowest BCUT2D eigenvalue weighted by Crippen LogP contribution is -2.15. The van der Waals surface area contributed by atoms with Crippen LogP contribution in [0.4, 0.5) is 15.8 Å². The van der Waals surface area contributed by atoms with E-state index in [4.69, 9.17) is 0 Å². The molecule has 2 aromatic carbocycles. The average molecular weight is 322 g/mol. The van der Waals surface area contributed by atoms with Crippen LogP contribution in [0, 0.1) is 12.7 Å². The number of halogens is 1. The zero-order chi connectivity index (χ0) is 16.3. The van der Waals surface area contributed by atoms with Crippen molar-refractivity contribution in [3.63, 3.8) is 0 Å². The Morgan fingerprint density at radius 3 is 2.23 bits per heavy atom. The fraction of sp³-hybridized carbons (Fsp3) is 0.133. The number of hydrogen-bond donors (Lipinski definition) is 2. The lowest BCUT2D eigenvalue weighted by atomic mass is 10.2. The van der Waals surface area contributed by atoms with Crippen LogP contribution in [0.2, 0.25) is 0 Å². The highest BCUT2D eigenvalue weighted by Gasteiger charge is 2.19. The van der Waals surface area contributed by atoms with Gasteiger partial charge in [0.05, 0.1) is 0 Å². The number of carbonyl (C=O) groups is 1. The largest absolute Gasteiger partial charge is 0.326 e. The van der Waals surface area contributed by atoms with E-state index in [2.05, 4.69) is 10.0 Å². The van der Waals surface area contributed by atoms with Gasteiger partial charge < -0.3 is 5.32 Å². The predicted molar refractivity (Wildman–Crippen MR) is 82.7 cm³/mol. The molecule has 2 aromatic rings. The van der Waals surface area contributed by atoms with E-state index >= 15 is 0 Å². The van der Waals surface area contributed by atoms with Crippen LogP contribution in [0.3, 0.4) is 0 Å². The minimum atomic E-state index is -4.01. The zero-order valence-electron chi connectivity index (χ0n) is 12.1. The number of nitrogens with one attached hydrogen (secondary N) is 2. The van der Waals surface area contributed by atoms with E-state index in [0.29, 0.717) is 11.3 Å². The van der Waals surface area contributed by atoms with Crippen molar-refractivity contribution in [2.75, 3.05) is 10.0 Å². The molecule has 0 bridgehead atoms. The minimum Gasteiger partial charge on any atom is -0.326 e. The molecule has 0 spiro atoms. The first-order valence-electron chi connectivity index (χ1n) is 6.44. The molecule has 0 aliphatic carbocycles. The molecule has 0 heterocycles. The number of anilines is 2. The van der Waals surface area contributed by atoms with Gasteiger partial charge in [0.1, 0.15) is 10.7 Å². The van der Waals surface area contributed by atoms with Crippen molar-refractivity contribution < 1.29 is 17.6 Å². The number of carbonyl (C=O) groups excluding carboxylic acids is 1. The number of hydrogen-bond acceptors (Lipinski definition) is 3. The molecule has 0 unspecified atom stereocenters. The van der Waals surface area contributed by atoms with Crippen molar-refractivity contribution in [1.29, 1.82) is 0 Å². The van der Waals surface area contributed by atoms with Crippen LogP contribution in [0.1, 0.15) is 12.5 Å². The Bertz CT molecular complexity index is 802. The van der Waals surface area contributed by atoms with Crippen LogP contribution in [0.5, 0.6) is 0 Å². The summed E-state index contributed by atoms with van der Waals surface area (Å²) < 4.78 is 40.4. The van der Waals surface area contributed by atoms with Crippen LogP contribution in [-0.4, -0.2) is 14.3 Å². The Morgan fingerprint density at radius 1 is 1.05 bits per heavy atom. The van der Waals surface area contributed by atoms with Gasteiger partial charge in [-0.1, -0.05) is 6.07 Å². The third-order valence-electron chi connectivity index (χ3n) is 2.83. The molecule has 22 heavy (non-hydrogen) atoms. The summed E-state index contributed by atoms with van der Waals surface area (Å²) in [6.07, 6.45) is 0. The molecule has 2 N–H and O–H groups in total. The third-order valence-corrected chi connectivity index (χ3v) is 4.23. The number of benzene rings is 2. The summed E-state index contributed by atoms with van der Waals surface area (Å²) in [4.78, 5) is 10.5. The molecule has 116 valence electrons. The Hall–Kier alpha value is -2.41. The molecular weight excluding hydrogens is 307 g/mol. The second-order valence-electron chi connectivity index (χ2n) is 4.80. The third kappa shape index (κ3) is 3.82. The number of rotatable bonds is 4. The van der Waals surface area contributed by atoms with Gasteiger partial charge in [-0.2, -0.15) is 0 Å². The molecule has 0 radical (unpaired) electrons. The predicted octanol–water partition coefficient (Wildman–Crippen LogP) is 2.89. The van der Waals surface area contributed by atoms with Crippen molar-refractivity contribution in [3.05, 3.63) is 53.8 Å². The maximum atomic E-state index is 13.7. The zero-order valence-corrected chi connectivity index (χ0v) is 12.9. The summed E-state index contributed by atoms with van der Waals surface area (Å²) in [7, 11) is -4.01. The molecule has 0 aliphatic rings. The molecule has 0 saturated carbocycles. The summed E-state index contributed by atoms with van der Waals surface area (Å²) in [5.41, 5.74) is 1.45. The van der Waals surface area contributed by atoms with Crippen molar-refractivity contribution in [2.24, 2.45) is 0 Å². The quantitative estimate of drug-likeness (QED) is 0.909. The summed E-state index contributed by atoms with van der Waals surface area (Å²) in [6, 6.07) is 9.94. The highest BCUT2D eigenvalue weighted by atomic mass is 32.2. The SMILES string of the molecule is CC(=O)Nc1ccc(NS(=O)(=O)c2cc(C)ccc2F)cc1. The number of aryl methyl sites for hydroxylation is 1. The van der Waals surface area contributed by atoms with E-state index < -0.39 is 20.7 Å². The van der Waals surface area contributed by atoms with Gasteiger partial charge in [-0.25, -0.2) is 12.8 Å². The van der Waals surface area contributed by atoms with Gasteiger partial charge in [-0.15, -0.1) is 0 Å². The summed E-state index contributed by atoms with van der Waals surface area (Å²) in [5.74, 6) is -1.04. The van der Waals surface area contributed by atoms with Gasteiger partial charge in [0.25, 0.3) is 10.0 Å². The van der Waals surface area contributed by atoms with Crippen molar-refractivity contribution >= 4 is 27.3 Å². The maximum absolute atomic E-state index is 13.7. The van der Waals surface area contributed by atoms with E-state index in [9.17, 15) is 17.6 Å². The van der Waals surface area contributed by atoms with Crippen LogP contribution in [0.25, 0.3) is 0 Å². The summed E-state index contributed by atoms with van der Waals surface area (Å²) in [5, 5.41) is 2.57. The minimum absolute atomic E-state index is 0.227. The van der Waals surface area contributed by atoms with Crippen LogP contribution in [0.15, 0.2) is 47.4 Å². The van der Waals surface area contributed by atoms with Gasteiger partial charge >= 0.3 is 0 Å². The molecule has 0 atom stereocenters. The smallest absolute Gasteiger partial charge is 0.264 e. The fourth-order valence-electron chi connectivity index (χ4n) is 1.85. The topological polar surface area (TPSA) is 75.3 Å². The summed E-state index contributed by atoms with van der Waals surface area (Å²) in [6.45, 7) is 3.05. The van der Waals surface area contributed by atoms with E-state index in [1.165, 1.54) is 31.2 Å². The van der Waals surface area contributed by atoms with Crippen molar-refractivity contribution in [1.82, 2.24) is 0 Å². The molecule has 0 saturated heterocycles. The van der Waals surface area contributed by atoms with Gasteiger partial charge in [0, 0.05) is 18.3 Å². The Balaban J connectivity index is 2.25. The Labute approximate surface area is 128 Å². The highest BCUT2D eigenvalue weighted by molar-refractivity contribution is 7.92. The first-order valence-corrected chi connectivity index (χ1v) is 7.93. The van der Waals surface area contributed by atoms with Gasteiger partial charge in [0.15, 0.2) is 0 Å². The van der Waals surface area contributed by atoms with E-state index in [0.717, 1.165) is 6.07 Å². The van der Waals surface area contributed by atoms with Crippen molar-refractivity contribution in [2.45, 2.75) is 18.7 Å². The maximum Gasteiger partial charge on any atom is 0.264 e. The number of sulfonamides is 1. The second-order valence-corrected chi connectivity index (χ2v) is 6.45. The van der Waals surface area contributed by atoms with Gasteiger partial charge in [-0.3, -0.25) is 9.52 Å². The van der Waals surface area contributed by atoms with Crippen LogP contribution >= 0.6 is 0 Å². The molecule has 0 fully saturated rings. The monoisotopic (exact) mass is 322 g/mol. The summed E-state index contributed by atoms with van der Waals surface area (Å²) >= 11 is 0. The Kier molecular flexibility index (Phi) is 4.46. The van der Waals surface area contributed by atoms with Gasteiger partial charge in [0.2, 0.25) is 5.91 Å². The molecular formula is C15H15FN2O3S. The normalized spacial score (nSPS) is 11.0. The molecule has 0 aliphatic heterocycles. The van der Waals surface area contributed by atoms with Crippen molar-refractivity contribution in [3.8, 4) is 0 Å². The van der Waals surface area contributed by atoms with Crippen LogP contribution < -0.4 is 10.0 Å². The molecule has 2 rings (SSSR count). The first kappa shape index (κ1) is 16.0. The molecule has 5 nitrogen and oxygen atoms in total. The molecule has 1 amide bonds. The fourth-order valence-corrected chi connectivity index (χ4v) is 3.07. The van der Waals surface area contributed by atoms with E-state index in [1.54, 1.807) is 19.1 Å². The standard InChI is InChI=1S/C15H15FN2O3S/c1-10-3-8-14(16)15(9-10)22(20,21)18-13-6-4-12(5-7-13)17-11(2)19/h3-9,18H,1-2H3,(H,17,19). The Morgan fingerprint density at radius 2 is 1.64 bits per heavy atom. The highest BCUT2D eigenvalue weighted by Crippen LogP contribution is 2.21.